The Kier molecular flexibility index (Phi) is 9.05. The maximum atomic E-state index is 2.76. The third-order valence-corrected chi connectivity index (χ3v) is 27.0. The van der Waals surface area contributed by atoms with Gasteiger partial charge in [0.05, 0.1) is 0 Å². The zero-order chi connectivity index (χ0) is 27.6. The second-order valence-corrected chi connectivity index (χ2v) is 43.8. The number of rotatable bonds is 5. The third-order valence-electron chi connectivity index (χ3n) is 9.45. The molecule has 0 amide bonds. The van der Waals surface area contributed by atoms with Gasteiger partial charge in [-0.05, 0) is 0 Å². The smallest absolute Gasteiger partial charge is 0.147 e. The van der Waals surface area contributed by atoms with Crippen molar-refractivity contribution in [2.45, 2.75) is 44.2 Å². The first kappa shape index (κ1) is 32.0. The Balaban J connectivity index is 0.00000194. The molecule has 0 nitrogen and oxygen atoms in total. The van der Waals surface area contributed by atoms with Crippen LogP contribution in [0.3, 0.4) is 0 Å². The van der Waals surface area contributed by atoms with Crippen molar-refractivity contribution >= 4 is 43.8 Å². The fourth-order valence-electron chi connectivity index (χ4n) is 7.93. The van der Waals surface area contributed by atoms with Gasteiger partial charge in [0.1, 0.15) is 0 Å². The van der Waals surface area contributed by atoms with Crippen LogP contribution in [0.25, 0.3) is 34.4 Å². The Bertz CT molecular complexity index is 1730. The standard InChI is InChI=1S/C18H17.C17H15.2CH3.2ClH.H2Si.Zr/c1-13(2)16-11-15-9-6-10-17(18(15)12-16)14-7-4-3-5-8-14;1-12-10-16-13(2)8-9-15(17(16)11-12)14-6-4-3-5-7-14;;;;;;/h3-13H,1-2H3;3-11H,1-2H3;2*1H3;2*1H;1H2;. The second kappa shape index (κ2) is 11.6. The van der Waals surface area contributed by atoms with Crippen molar-refractivity contribution in [3.63, 3.8) is 0 Å². The van der Waals surface area contributed by atoms with Crippen LogP contribution in [0.4, 0.5) is 0 Å². The molecule has 0 heterocycles. The zero-order valence-electron chi connectivity index (χ0n) is 25.1. The van der Waals surface area contributed by atoms with Crippen LogP contribution >= 0.6 is 24.8 Å². The molecule has 0 radical (unpaired) electrons. The van der Waals surface area contributed by atoms with Gasteiger partial charge in [0, 0.05) is 0 Å². The van der Waals surface area contributed by atoms with Crippen LogP contribution in [0.1, 0.15) is 55.8 Å². The molecule has 2 aliphatic carbocycles. The summed E-state index contributed by atoms with van der Waals surface area (Å²) in [5.41, 5.74) is 16.2. The van der Waals surface area contributed by atoms with Crippen molar-refractivity contribution in [3.8, 4) is 22.3 Å². The van der Waals surface area contributed by atoms with E-state index in [-0.39, 0.29) is 24.8 Å². The zero-order valence-corrected chi connectivity index (χ0v) is 30.6. The van der Waals surface area contributed by atoms with E-state index < -0.39 is 17.4 Å². The molecule has 2 unspecified atom stereocenters. The van der Waals surface area contributed by atoms with Gasteiger partial charge < -0.3 is 0 Å². The minimum Gasteiger partial charge on any atom is -0.147 e. The maximum absolute atomic E-state index is 3.62. The van der Waals surface area contributed by atoms with E-state index >= 15 is 0 Å². The minimum atomic E-state index is -3.62. The summed E-state index contributed by atoms with van der Waals surface area (Å²) in [6, 6.07) is 33.7. The summed E-state index contributed by atoms with van der Waals surface area (Å²) in [5.74, 6) is 0.519. The number of fused-ring (bicyclic) bond motifs is 2. The van der Waals surface area contributed by atoms with Crippen molar-refractivity contribution in [1.29, 1.82) is 0 Å². The van der Waals surface area contributed by atoms with E-state index in [1.165, 1.54) is 38.9 Å². The van der Waals surface area contributed by atoms with Gasteiger partial charge in [-0.3, -0.25) is 0 Å². The number of halogens is 2. The van der Waals surface area contributed by atoms with Gasteiger partial charge in [0.15, 0.2) is 0 Å². The molecule has 41 heavy (non-hydrogen) atoms. The van der Waals surface area contributed by atoms with Crippen LogP contribution in [-0.4, -0.2) is 6.88 Å². The molecule has 4 aromatic carbocycles. The first-order valence-corrected chi connectivity index (χ1v) is 28.1. The van der Waals surface area contributed by atoms with Crippen LogP contribution in [0.15, 0.2) is 102 Å². The van der Waals surface area contributed by atoms with E-state index in [0.717, 1.165) is 0 Å². The Labute approximate surface area is 261 Å². The fourth-order valence-corrected chi connectivity index (χ4v) is 28.6. The molecule has 0 N–H and O–H groups in total. The van der Waals surface area contributed by atoms with Crippen molar-refractivity contribution < 1.29 is 17.4 Å². The topological polar surface area (TPSA) is 0 Å². The van der Waals surface area contributed by atoms with E-state index in [2.05, 4.69) is 147 Å². The van der Waals surface area contributed by atoms with E-state index in [0.29, 0.717) is 13.2 Å². The molecule has 0 spiro atoms. The average Bonchev–Trinajstić information content (AvgIpc) is 3.50. The van der Waals surface area contributed by atoms with Crippen LogP contribution in [0.2, 0.25) is 9.26 Å². The van der Waals surface area contributed by atoms with E-state index in [4.69, 9.17) is 0 Å². The third kappa shape index (κ3) is 5.25. The predicted molar refractivity (Wildman–Crippen MR) is 185 cm³/mol. The Morgan fingerprint density at radius 2 is 1.20 bits per heavy atom. The maximum Gasteiger partial charge on any atom is -0.147 e. The molecule has 212 valence electrons. The van der Waals surface area contributed by atoms with Gasteiger partial charge in [0.2, 0.25) is 0 Å². The summed E-state index contributed by atoms with van der Waals surface area (Å²) in [6.07, 6.45) is 5.13. The first-order chi connectivity index (χ1) is 18.6. The van der Waals surface area contributed by atoms with E-state index in [1.54, 1.807) is 22.3 Å². The first-order valence-electron chi connectivity index (χ1n) is 14.4. The summed E-state index contributed by atoms with van der Waals surface area (Å²) >= 11 is -3.62. The van der Waals surface area contributed by atoms with Gasteiger partial charge in [0.25, 0.3) is 0 Å². The number of benzene rings is 4. The molecule has 0 saturated heterocycles. The number of hydrogen-bond acceptors (Lipinski definition) is 0. The number of allylic oxidation sites excluding steroid dienone is 2. The molecule has 2 aliphatic rings. The predicted octanol–water partition coefficient (Wildman–Crippen LogP) is 10.8. The molecule has 0 saturated carbocycles. The molecular formula is C37H42Cl2SiZr. The molecule has 4 heteroatoms. The minimum absolute atomic E-state index is 0. The quantitative estimate of drug-likeness (QED) is 0.185. The Morgan fingerprint density at radius 3 is 1.76 bits per heavy atom. The molecule has 0 bridgehead atoms. The summed E-state index contributed by atoms with van der Waals surface area (Å²) in [5, 5.41) is 0. The summed E-state index contributed by atoms with van der Waals surface area (Å²) < 4.78 is 6.58. The molecule has 6 rings (SSSR count). The molecule has 0 aromatic heterocycles. The Morgan fingerprint density at radius 1 is 0.634 bits per heavy atom. The molecular weight excluding hydrogens is 635 g/mol. The van der Waals surface area contributed by atoms with Crippen LogP contribution in [0.5, 0.6) is 0 Å². The molecule has 2 atom stereocenters. The van der Waals surface area contributed by atoms with Crippen molar-refractivity contribution in [3.05, 3.63) is 130 Å². The fraction of sp³-hybridized carbons (Fsp3) is 0.243. The SMILES string of the molecule is CC1=Cc2c(-c3ccccc3)ccc(C)c2[CH]1[Zr]([CH3])([CH3])(=[SiH2])[CH]1C(C(C)C)=Cc2c(-c3ccccc3)cccc21.Cl.Cl. The van der Waals surface area contributed by atoms with Gasteiger partial charge in [-0.15, -0.1) is 24.8 Å². The molecule has 0 aliphatic heterocycles. The number of hydrogen-bond donors (Lipinski definition) is 0. The van der Waals surface area contributed by atoms with Gasteiger partial charge in [-0.2, -0.15) is 0 Å². The monoisotopic (exact) mass is 674 g/mol. The van der Waals surface area contributed by atoms with E-state index in [9.17, 15) is 0 Å². The normalized spacial score (nSPS) is 17.7. The van der Waals surface area contributed by atoms with Crippen molar-refractivity contribution in [1.82, 2.24) is 0 Å². The van der Waals surface area contributed by atoms with Gasteiger partial charge in [-0.25, -0.2) is 0 Å². The Hall–Kier alpha value is -1.96. The second-order valence-electron chi connectivity index (χ2n) is 13.3. The van der Waals surface area contributed by atoms with Crippen molar-refractivity contribution in [2.24, 2.45) is 5.92 Å². The number of aryl methyl sites for hydroxylation is 1. The largest absolute Gasteiger partial charge is 0.147 e. The van der Waals surface area contributed by atoms with Crippen LogP contribution in [-0.2, 0) is 17.4 Å². The molecule has 4 aromatic rings. The van der Waals surface area contributed by atoms with Crippen LogP contribution < -0.4 is 0 Å². The van der Waals surface area contributed by atoms with Gasteiger partial charge >= 0.3 is 239 Å². The molecule has 0 fully saturated rings. The van der Waals surface area contributed by atoms with E-state index in [1.807, 2.05) is 0 Å². The summed E-state index contributed by atoms with van der Waals surface area (Å²) in [4.78, 5) is 0. The van der Waals surface area contributed by atoms with Crippen LogP contribution in [0, 0.1) is 12.8 Å². The van der Waals surface area contributed by atoms with Crippen molar-refractivity contribution in [2.75, 3.05) is 0 Å². The summed E-state index contributed by atoms with van der Waals surface area (Å²) in [6.45, 7) is 12.0. The average molecular weight is 677 g/mol. The van der Waals surface area contributed by atoms with Gasteiger partial charge in [-0.1, -0.05) is 0 Å². The summed E-state index contributed by atoms with van der Waals surface area (Å²) in [7, 11) is 0.